The summed E-state index contributed by atoms with van der Waals surface area (Å²) in [6.07, 6.45) is 0. The van der Waals surface area contributed by atoms with Crippen molar-refractivity contribution in [2.45, 2.75) is 6.92 Å². The molecule has 0 aliphatic carbocycles. The number of aryl methyl sites for hydroxylation is 1. The molecule has 1 fully saturated rings. The van der Waals surface area contributed by atoms with E-state index in [-0.39, 0.29) is 5.91 Å². The van der Waals surface area contributed by atoms with E-state index in [4.69, 9.17) is 4.74 Å². The molecule has 0 bridgehead atoms. The van der Waals surface area contributed by atoms with E-state index in [1.807, 2.05) is 37.2 Å². The molecule has 2 N–H and O–H groups in total. The van der Waals surface area contributed by atoms with Gasteiger partial charge in [0, 0.05) is 31.4 Å². The predicted molar refractivity (Wildman–Crippen MR) is 70.6 cm³/mol. The molecule has 0 saturated carbocycles. The fourth-order valence-corrected chi connectivity index (χ4v) is 1.95. The molecule has 1 aromatic carbocycles. The zero-order valence-electron chi connectivity index (χ0n) is 10.8. The van der Waals surface area contributed by atoms with Crippen molar-refractivity contribution in [3.8, 4) is 0 Å². The van der Waals surface area contributed by atoms with Crippen LogP contribution in [0.1, 0.15) is 15.9 Å². The third kappa shape index (κ3) is 3.00. The van der Waals surface area contributed by atoms with E-state index in [2.05, 4.69) is 10.7 Å². The summed E-state index contributed by atoms with van der Waals surface area (Å²) in [5, 5.41) is 4.96. The van der Waals surface area contributed by atoms with Gasteiger partial charge in [0.05, 0.1) is 13.2 Å². The number of hydrogen-bond donors (Lipinski definition) is 2. The lowest BCUT2D eigenvalue weighted by molar-refractivity contribution is 0.0126. The Bertz CT molecular complexity index is 428. The van der Waals surface area contributed by atoms with Gasteiger partial charge in [0.2, 0.25) is 0 Å². The second-order valence-electron chi connectivity index (χ2n) is 4.32. The van der Waals surface area contributed by atoms with Crippen LogP contribution in [0.3, 0.4) is 0 Å². The lowest BCUT2D eigenvalue weighted by atomic mass is 10.1. The maximum Gasteiger partial charge on any atom is 0.265 e. The van der Waals surface area contributed by atoms with E-state index in [1.165, 1.54) is 0 Å². The SMILES string of the molecule is CNc1ccc(C(=O)NN2CCOCC2)c(C)c1. The summed E-state index contributed by atoms with van der Waals surface area (Å²) in [5.74, 6) is -0.0583. The number of ether oxygens (including phenoxy) is 1. The molecule has 0 radical (unpaired) electrons. The second kappa shape index (κ2) is 5.84. The van der Waals surface area contributed by atoms with Gasteiger partial charge in [-0.2, -0.15) is 0 Å². The van der Waals surface area contributed by atoms with Gasteiger partial charge >= 0.3 is 0 Å². The van der Waals surface area contributed by atoms with Gasteiger partial charge in [-0.1, -0.05) is 0 Å². The number of carbonyl (C=O) groups excluding carboxylic acids is 1. The Kier molecular flexibility index (Phi) is 4.17. The first-order chi connectivity index (χ1) is 8.70. The largest absolute Gasteiger partial charge is 0.388 e. The van der Waals surface area contributed by atoms with Crippen LogP contribution in [0.5, 0.6) is 0 Å². The molecule has 1 heterocycles. The van der Waals surface area contributed by atoms with Crippen molar-refractivity contribution in [2.75, 3.05) is 38.7 Å². The van der Waals surface area contributed by atoms with Crippen LogP contribution in [0, 0.1) is 6.92 Å². The smallest absolute Gasteiger partial charge is 0.265 e. The normalized spacial score (nSPS) is 16.3. The highest BCUT2D eigenvalue weighted by Gasteiger charge is 2.15. The minimum Gasteiger partial charge on any atom is -0.388 e. The van der Waals surface area contributed by atoms with Crippen molar-refractivity contribution in [1.29, 1.82) is 0 Å². The number of morpholine rings is 1. The number of benzene rings is 1. The fraction of sp³-hybridized carbons (Fsp3) is 0.462. The van der Waals surface area contributed by atoms with Crippen molar-refractivity contribution in [2.24, 2.45) is 0 Å². The molecule has 0 unspecified atom stereocenters. The summed E-state index contributed by atoms with van der Waals surface area (Å²) in [5.41, 5.74) is 5.59. The van der Waals surface area contributed by atoms with Crippen molar-refractivity contribution in [3.05, 3.63) is 29.3 Å². The van der Waals surface area contributed by atoms with Gasteiger partial charge in [-0.15, -0.1) is 0 Å². The summed E-state index contributed by atoms with van der Waals surface area (Å²) in [6.45, 7) is 4.74. The van der Waals surface area contributed by atoms with Crippen LogP contribution in [-0.4, -0.2) is 44.3 Å². The van der Waals surface area contributed by atoms with Crippen molar-refractivity contribution >= 4 is 11.6 Å². The van der Waals surface area contributed by atoms with Crippen molar-refractivity contribution < 1.29 is 9.53 Å². The summed E-state index contributed by atoms with van der Waals surface area (Å²) in [6, 6.07) is 5.71. The van der Waals surface area contributed by atoms with Crippen molar-refractivity contribution in [1.82, 2.24) is 10.4 Å². The number of hydrazine groups is 1. The average Bonchev–Trinajstić information content (AvgIpc) is 2.39. The van der Waals surface area contributed by atoms with E-state index in [9.17, 15) is 4.79 Å². The van der Waals surface area contributed by atoms with Crippen LogP contribution >= 0.6 is 0 Å². The molecule has 0 aromatic heterocycles. The molecule has 1 aliphatic rings. The Labute approximate surface area is 107 Å². The van der Waals surface area contributed by atoms with Crippen LogP contribution in [0.4, 0.5) is 5.69 Å². The molecule has 98 valence electrons. The van der Waals surface area contributed by atoms with Crippen LogP contribution in [-0.2, 0) is 4.74 Å². The molecule has 5 nitrogen and oxygen atoms in total. The summed E-state index contributed by atoms with van der Waals surface area (Å²) < 4.78 is 5.24. The zero-order valence-corrected chi connectivity index (χ0v) is 10.8. The predicted octanol–water partition coefficient (Wildman–Crippen LogP) is 1.01. The Morgan fingerprint density at radius 2 is 2.06 bits per heavy atom. The van der Waals surface area contributed by atoms with Gasteiger partial charge in [0.1, 0.15) is 0 Å². The molecule has 0 atom stereocenters. The molecule has 1 amide bonds. The van der Waals surface area contributed by atoms with E-state index < -0.39 is 0 Å². The molecule has 5 heteroatoms. The highest BCUT2D eigenvalue weighted by Crippen LogP contribution is 2.14. The highest BCUT2D eigenvalue weighted by atomic mass is 16.5. The zero-order chi connectivity index (χ0) is 13.0. The summed E-state index contributed by atoms with van der Waals surface area (Å²) in [7, 11) is 1.86. The van der Waals surface area contributed by atoms with Gasteiger partial charge in [0.25, 0.3) is 5.91 Å². The van der Waals surface area contributed by atoms with Gasteiger partial charge < -0.3 is 10.1 Å². The summed E-state index contributed by atoms with van der Waals surface area (Å²) in [4.78, 5) is 12.1. The third-order valence-electron chi connectivity index (χ3n) is 3.03. The van der Waals surface area contributed by atoms with E-state index in [1.54, 1.807) is 0 Å². The van der Waals surface area contributed by atoms with Crippen LogP contribution in [0.2, 0.25) is 0 Å². The van der Waals surface area contributed by atoms with Gasteiger partial charge in [0.15, 0.2) is 0 Å². The number of carbonyl (C=O) groups is 1. The van der Waals surface area contributed by atoms with Crippen LogP contribution in [0.25, 0.3) is 0 Å². The second-order valence-corrected chi connectivity index (χ2v) is 4.32. The standard InChI is InChI=1S/C13H19N3O2/c1-10-9-11(14-2)3-4-12(10)13(17)15-16-5-7-18-8-6-16/h3-4,9,14H,5-8H2,1-2H3,(H,15,17). The first-order valence-electron chi connectivity index (χ1n) is 6.13. The number of nitrogens with zero attached hydrogens (tertiary/aromatic N) is 1. The average molecular weight is 249 g/mol. The Hall–Kier alpha value is -1.59. The quantitative estimate of drug-likeness (QED) is 0.839. The monoisotopic (exact) mass is 249 g/mol. The first-order valence-corrected chi connectivity index (χ1v) is 6.13. The minimum absolute atomic E-state index is 0.0583. The molecule has 2 rings (SSSR count). The number of amides is 1. The number of anilines is 1. The Balaban J connectivity index is 2.03. The van der Waals surface area contributed by atoms with E-state index in [0.29, 0.717) is 18.8 Å². The number of rotatable bonds is 3. The summed E-state index contributed by atoms with van der Waals surface area (Å²) >= 11 is 0. The lowest BCUT2D eigenvalue weighted by Gasteiger charge is -2.27. The highest BCUT2D eigenvalue weighted by molar-refractivity contribution is 5.95. The molecule has 1 saturated heterocycles. The molecule has 1 aliphatic heterocycles. The van der Waals surface area contributed by atoms with Crippen LogP contribution < -0.4 is 10.7 Å². The third-order valence-corrected chi connectivity index (χ3v) is 3.03. The molecular weight excluding hydrogens is 230 g/mol. The number of nitrogens with one attached hydrogen (secondary N) is 2. The van der Waals surface area contributed by atoms with Gasteiger partial charge in [-0.3, -0.25) is 10.2 Å². The fourth-order valence-electron chi connectivity index (χ4n) is 1.95. The maximum atomic E-state index is 12.1. The van der Waals surface area contributed by atoms with E-state index >= 15 is 0 Å². The topological polar surface area (TPSA) is 53.6 Å². The van der Waals surface area contributed by atoms with Gasteiger partial charge in [-0.05, 0) is 30.7 Å². The first kappa shape index (κ1) is 12.9. The van der Waals surface area contributed by atoms with Gasteiger partial charge in [-0.25, -0.2) is 5.01 Å². The maximum absolute atomic E-state index is 12.1. The Morgan fingerprint density at radius 1 is 1.33 bits per heavy atom. The number of hydrogen-bond acceptors (Lipinski definition) is 4. The van der Waals surface area contributed by atoms with Crippen molar-refractivity contribution in [3.63, 3.8) is 0 Å². The minimum atomic E-state index is -0.0583. The molecular formula is C13H19N3O2. The molecule has 18 heavy (non-hydrogen) atoms. The lowest BCUT2D eigenvalue weighted by Crippen LogP contribution is -2.48. The van der Waals surface area contributed by atoms with Crippen LogP contribution in [0.15, 0.2) is 18.2 Å². The molecule has 1 aromatic rings. The molecule has 0 spiro atoms. The Morgan fingerprint density at radius 3 is 2.67 bits per heavy atom. The van der Waals surface area contributed by atoms with E-state index in [0.717, 1.165) is 24.3 Å².